The molecule has 94 valence electrons. The van der Waals surface area contributed by atoms with Gasteiger partial charge < -0.3 is 10.2 Å². The Morgan fingerprint density at radius 1 is 1.44 bits per heavy atom. The van der Waals surface area contributed by atoms with Crippen molar-refractivity contribution >= 4 is 17.1 Å². The van der Waals surface area contributed by atoms with E-state index in [9.17, 15) is 20.6 Å². The Morgan fingerprint density at radius 2 is 2.11 bits per heavy atom. The van der Waals surface area contributed by atoms with Crippen LogP contribution in [0, 0.1) is 0 Å². The zero-order valence-corrected chi connectivity index (χ0v) is 9.54. The number of para-hydroxylation sites is 1. The second kappa shape index (κ2) is 4.17. The Morgan fingerprint density at radius 3 is 2.67 bits per heavy atom. The number of hydrogen-bond donors (Lipinski definition) is 5. The van der Waals surface area contributed by atoms with Gasteiger partial charge in [-0.25, -0.2) is 5.21 Å². The SMILES string of the molecule is C=CC1=[N+](O)c2c(O)cccc2[NH+](O)C1C(=C)O. The predicted molar refractivity (Wildman–Crippen MR) is 63.0 cm³/mol. The average Bonchev–Trinajstić information content (AvgIpc) is 2.32. The molecule has 2 unspecified atom stereocenters. The van der Waals surface area contributed by atoms with Crippen LogP contribution >= 0.6 is 0 Å². The first-order chi connectivity index (χ1) is 8.49. The first-order valence-electron chi connectivity index (χ1n) is 5.23. The van der Waals surface area contributed by atoms with E-state index in [1.807, 2.05) is 0 Å². The lowest BCUT2D eigenvalue weighted by Crippen LogP contribution is -3.11. The molecule has 6 heteroatoms. The molecule has 1 aromatic carbocycles. The van der Waals surface area contributed by atoms with Crippen molar-refractivity contribution in [3.63, 3.8) is 0 Å². The number of aliphatic hydroxyl groups is 1. The summed E-state index contributed by atoms with van der Waals surface area (Å²) in [5.41, 5.74) is 0.389. The lowest BCUT2D eigenvalue weighted by Gasteiger charge is -2.22. The number of hydrogen-bond acceptors (Lipinski definition) is 4. The van der Waals surface area contributed by atoms with Crippen LogP contribution in [0.3, 0.4) is 0 Å². The molecule has 0 aliphatic carbocycles. The molecule has 2 atom stereocenters. The molecule has 2 rings (SSSR count). The zero-order valence-electron chi connectivity index (χ0n) is 9.54. The number of aliphatic hydroxyl groups excluding tert-OH is 1. The van der Waals surface area contributed by atoms with Crippen molar-refractivity contribution in [2.24, 2.45) is 0 Å². The highest BCUT2D eigenvalue weighted by atomic mass is 16.5. The highest BCUT2D eigenvalue weighted by Gasteiger charge is 2.47. The van der Waals surface area contributed by atoms with Crippen LogP contribution in [0.15, 0.2) is 43.2 Å². The van der Waals surface area contributed by atoms with Crippen molar-refractivity contribution < 1.29 is 30.4 Å². The van der Waals surface area contributed by atoms with Gasteiger partial charge in [0.05, 0.1) is 0 Å². The molecule has 0 saturated heterocycles. The number of rotatable bonds is 2. The molecule has 0 radical (unpaired) electrons. The highest BCUT2D eigenvalue weighted by Crippen LogP contribution is 2.33. The largest absolute Gasteiger partial charge is 0.506 e. The first-order valence-corrected chi connectivity index (χ1v) is 5.23. The summed E-state index contributed by atoms with van der Waals surface area (Å²) in [6, 6.07) is 3.45. The number of phenols is 1. The molecule has 0 bridgehead atoms. The van der Waals surface area contributed by atoms with Gasteiger partial charge in [-0.2, -0.15) is 0 Å². The van der Waals surface area contributed by atoms with Crippen LogP contribution in [-0.4, -0.2) is 37.1 Å². The number of nitrogens with one attached hydrogen (secondary N) is 1. The van der Waals surface area contributed by atoms with E-state index < -0.39 is 6.04 Å². The molecule has 1 aromatic rings. The molecule has 5 N–H and O–H groups in total. The van der Waals surface area contributed by atoms with Gasteiger partial charge in [0.1, 0.15) is 0 Å². The minimum Gasteiger partial charge on any atom is -0.506 e. The smallest absolute Gasteiger partial charge is 0.362 e. The fraction of sp³-hybridized carbons (Fsp3) is 0.0833. The molecule has 1 aliphatic rings. The van der Waals surface area contributed by atoms with Crippen LogP contribution in [0.5, 0.6) is 5.75 Å². The van der Waals surface area contributed by atoms with Crippen molar-refractivity contribution in [3.05, 3.63) is 43.2 Å². The summed E-state index contributed by atoms with van der Waals surface area (Å²) in [6.07, 6.45) is 1.28. The second-order valence-corrected chi connectivity index (χ2v) is 3.92. The third-order valence-electron chi connectivity index (χ3n) is 2.86. The first kappa shape index (κ1) is 12.2. The minimum absolute atomic E-state index is 0.0439. The summed E-state index contributed by atoms with van der Waals surface area (Å²) in [5.74, 6) is -0.515. The normalized spacial score (nSPS) is 22.5. The molecule has 0 saturated carbocycles. The Labute approximate surface area is 103 Å². The van der Waals surface area contributed by atoms with Gasteiger partial charge >= 0.3 is 11.4 Å². The quantitative estimate of drug-likeness (QED) is 0.299. The van der Waals surface area contributed by atoms with Crippen LogP contribution in [0.1, 0.15) is 0 Å². The van der Waals surface area contributed by atoms with Crippen molar-refractivity contribution in [2.75, 3.05) is 0 Å². The van der Waals surface area contributed by atoms with Crippen LogP contribution in [0.2, 0.25) is 0 Å². The topological polar surface area (TPSA) is 88.4 Å². The van der Waals surface area contributed by atoms with Crippen molar-refractivity contribution in [2.45, 2.75) is 6.04 Å². The maximum Gasteiger partial charge on any atom is 0.362 e. The third-order valence-corrected chi connectivity index (χ3v) is 2.86. The van der Waals surface area contributed by atoms with Crippen LogP contribution in [-0.2, 0) is 0 Å². The number of hydroxylamine groups is 1. The Bertz CT molecular complexity index is 565. The van der Waals surface area contributed by atoms with Crippen molar-refractivity contribution in [3.8, 4) is 5.75 Å². The van der Waals surface area contributed by atoms with Gasteiger partial charge in [0, 0.05) is 16.9 Å². The summed E-state index contributed by atoms with van der Waals surface area (Å²) in [6.45, 7) is 6.87. The van der Waals surface area contributed by atoms with Gasteiger partial charge in [0.2, 0.25) is 5.69 Å². The fourth-order valence-electron chi connectivity index (χ4n) is 2.04. The summed E-state index contributed by atoms with van der Waals surface area (Å²) in [5, 5.41) is 39.2. The molecule has 0 fully saturated rings. The molecule has 0 amide bonds. The Kier molecular flexibility index (Phi) is 2.82. The van der Waals surface area contributed by atoms with E-state index in [1.54, 1.807) is 0 Å². The standard InChI is InChI=1S/C12H12N2O4/c1-3-8-11(7(2)15)14(18)9-5-4-6-10(16)12(9)13(8)17/h3-6,11,18H,1-2H2,(H2-,15,16,17)/p+2. The Balaban J connectivity index is 2.76. The molecule has 1 aliphatic heterocycles. The number of nitrogens with zero attached hydrogens (tertiary/aromatic N) is 1. The average molecular weight is 250 g/mol. The predicted octanol–water partition coefficient (Wildman–Crippen LogP) is 0.412. The van der Waals surface area contributed by atoms with Crippen LogP contribution in [0.25, 0.3) is 0 Å². The molecule has 0 spiro atoms. The van der Waals surface area contributed by atoms with E-state index in [0.29, 0.717) is 4.74 Å². The number of quaternary nitrogens is 1. The van der Waals surface area contributed by atoms with Gasteiger partial charge in [0.25, 0.3) is 6.04 Å². The van der Waals surface area contributed by atoms with Gasteiger partial charge in [0.15, 0.2) is 11.5 Å². The van der Waals surface area contributed by atoms with Crippen molar-refractivity contribution in [1.29, 1.82) is 0 Å². The number of phenolic OH excluding ortho intramolecular Hbond substituents is 1. The van der Waals surface area contributed by atoms with E-state index >= 15 is 0 Å². The maximum absolute atomic E-state index is 10.1. The summed E-state index contributed by atoms with van der Waals surface area (Å²) in [4.78, 5) is 0. The number of benzene rings is 1. The number of aromatic hydroxyl groups is 1. The molecule has 1 heterocycles. The molecule has 0 aromatic heterocycles. The monoisotopic (exact) mass is 250 g/mol. The van der Waals surface area contributed by atoms with Gasteiger partial charge in [-0.1, -0.05) is 19.2 Å². The van der Waals surface area contributed by atoms with Gasteiger partial charge in [-0.3, -0.25) is 5.21 Å². The highest BCUT2D eigenvalue weighted by molar-refractivity contribution is 5.97. The zero-order chi connectivity index (χ0) is 13.4. The van der Waals surface area contributed by atoms with E-state index in [-0.39, 0.29) is 33.7 Å². The molecule has 6 nitrogen and oxygen atoms in total. The van der Waals surface area contributed by atoms with E-state index in [2.05, 4.69) is 13.2 Å². The Hall–Kier alpha value is -2.31. The fourth-order valence-corrected chi connectivity index (χ4v) is 2.04. The van der Waals surface area contributed by atoms with E-state index in [4.69, 9.17) is 0 Å². The minimum atomic E-state index is -0.971. The molecular weight excluding hydrogens is 236 g/mol. The number of fused-ring (bicyclic) bond motifs is 1. The molecular formula is C12H14N2O4+2. The van der Waals surface area contributed by atoms with Gasteiger partial charge in [-0.05, 0) is 6.07 Å². The van der Waals surface area contributed by atoms with Crippen LogP contribution < -0.4 is 5.06 Å². The summed E-state index contributed by atoms with van der Waals surface area (Å²) < 4.78 is 0.684. The van der Waals surface area contributed by atoms with E-state index in [0.717, 1.165) is 0 Å². The lowest BCUT2D eigenvalue weighted by molar-refractivity contribution is -1.05. The van der Waals surface area contributed by atoms with E-state index in [1.165, 1.54) is 24.3 Å². The van der Waals surface area contributed by atoms with Gasteiger partial charge in [-0.15, -0.1) is 5.06 Å². The summed E-state index contributed by atoms with van der Waals surface area (Å²) >= 11 is 0. The second-order valence-electron chi connectivity index (χ2n) is 3.92. The maximum atomic E-state index is 10.1. The molecule has 18 heavy (non-hydrogen) atoms. The summed E-state index contributed by atoms with van der Waals surface area (Å²) in [7, 11) is 0. The van der Waals surface area contributed by atoms with Crippen LogP contribution in [0.4, 0.5) is 11.4 Å². The third kappa shape index (κ3) is 1.55. The van der Waals surface area contributed by atoms with Crippen molar-refractivity contribution in [1.82, 2.24) is 0 Å². The lowest BCUT2D eigenvalue weighted by atomic mass is 10.1.